The molecule has 0 bridgehead atoms. The van der Waals surface area contributed by atoms with E-state index in [0.717, 1.165) is 22.9 Å². The first-order chi connectivity index (χ1) is 13.3. The summed E-state index contributed by atoms with van der Waals surface area (Å²) in [5.41, 5.74) is -0.705. The molecular formula is C21H27NO4S2. The van der Waals surface area contributed by atoms with E-state index in [4.69, 9.17) is 5.11 Å². The molecule has 28 heavy (non-hydrogen) atoms. The predicted octanol–water partition coefficient (Wildman–Crippen LogP) is 4.42. The quantitative estimate of drug-likeness (QED) is 0.330. The van der Waals surface area contributed by atoms with Gasteiger partial charge in [0.05, 0.1) is 5.60 Å². The topological polar surface area (TPSA) is 87.5 Å². The highest BCUT2D eigenvalue weighted by Crippen LogP contribution is 2.35. The Morgan fingerprint density at radius 1 is 1.54 bits per heavy atom. The molecule has 1 aliphatic carbocycles. The van der Waals surface area contributed by atoms with Crippen LogP contribution in [0.1, 0.15) is 62.9 Å². The van der Waals surface area contributed by atoms with E-state index in [2.05, 4.69) is 22.9 Å². The molecule has 0 amide bonds. The Morgan fingerprint density at radius 3 is 3.00 bits per heavy atom. The van der Waals surface area contributed by atoms with Crippen LogP contribution in [0, 0.1) is 23.7 Å². The summed E-state index contributed by atoms with van der Waals surface area (Å²) in [6.07, 6.45) is 8.18. The number of carboxylic acids is 1. The summed E-state index contributed by atoms with van der Waals surface area (Å²) in [6.45, 7) is 3.62. The molecule has 0 aliphatic heterocycles. The summed E-state index contributed by atoms with van der Waals surface area (Å²) in [5, 5.41) is 20.9. The molecule has 1 saturated carbocycles. The third kappa shape index (κ3) is 7.08. The van der Waals surface area contributed by atoms with Crippen LogP contribution in [0.5, 0.6) is 0 Å². The van der Waals surface area contributed by atoms with Crippen molar-refractivity contribution in [2.45, 2.75) is 62.3 Å². The highest BCUT2D eigenvalue weighted by atomic mass is 32.2. The standard InChI is InChI=1S/C21H27NO4S2/c1-3-4-5-11-21(2,26)12-6-7-15-8-9-18(23)16(15)10-13-27-20-22-17(14-28-20)19(24)25/h6-7,14-16,26H,5,8-13H2,1-2H3,(H,24,25). The number of carbonyl (C=O) groups is 2. The number of aliphatic hydroxyl groups is 1. The Balaban J connectivity index is 1.82. The number of hydrogen-bond acceptors (Lipinski definition) is 6. The van der Waals surface area contributed by atoms with E-state index in [1.807, 2.05) is 13.0 Å². The molecule has 0 aromatic carbocycles. The van der Waals surface area contributed by atoms with Crippen molar-refractivity contribution < 1.29 is 19.8 Å². The summed E-state index contributed by atoms with van der Waals surface area (Å²) in [5.74, 6) is 6.04. The molecule has 2 N–H and O–H groups in total. The van der Waals surface area contributed by atoms with Crippen molar-refractivity contribution in [1.82, 2.24) is 4.98 Å². The number of aromatic nitrogens is 1. The Labute approximate surface area is 174 Å². The number of rotatable bonds is 10. The molecule has 2 rings (SSSR count). The van der Waals surface area contributed by atoms with Gasteiger partial charge in [0, 0.05) is 29.9 Å². The van der Waals surface area contributed by atoms with Gasteiger partial charge < -0.3 is 10.2 Å². The molecule has 0 spiro atoms. The van der Waals surface area contributed by atoms with Gasteiger partial charge in [0.25, 0.3) is 0 Å². The number of aromatic carboxylic acids is 1. The Kier molecular flexibility index (Phi) is 8.74. The van der Waals surface area contributed by atoms with Crippen molar-refractivity contribution in [2.24, 2.45) is 11.8 Å². The maximum absolute atomic E-state index is 12.3. The van der Waals surface area contributed by atoms with Crippen LogP contribution in [-0.2, 0) is 4.79 Å². The molecule has 152 valence electrons. The van der Waals surface area contributed by atoms with Crippen LogP contribution in [0.4, 0.5) is 0 Å². The fourth-order valence-corrected chi connectivity index (χ4v) is 5.18. The first-order valence-corrected chi connectivity index (χ1v) is 11.3. The van der Waals surface area contributed by atoms with Gasteiger partial charge in [-0.1, -0.05) is 23.9 Å². The minimum Gasteiger partial charge on any atom is -0.476 e. The molecule has 1 aliphatic rings. The molecule has 3 atom stereocenters. The number of ketones is 1. The lowest BCUT2D eigenvalue weighted by Crippen LogP contribution is -2.22. The van der Waals surface area contributed by atoms with E-state index in [-0.39, 0.29) is 17.5 Å². The maximum Gasteiger partial charge on any atom is 0.355 e. The number of allylic oxidation sites excluding steroid dienone is 1. The molecule has 0 saturated heterocycles. The minimum absolute atomic E-state index is 0.00133. The zero-order valence-electron chi connectivity index (χ0n) is 16.3. The van der Waals surface area contributed by atoms with Crippen molar-refractivity contribution in [3.63, 3.8) is 0 Å². The van der Waals surface area contributed by atoms with Crippen molar-refractivity contribution in [3.05, 3.63) is 23.2 Å². The van der Waals surface area contributed by atoms with Gasteiger partial charge in [-0.3, -0.25) is 4.79 Å². The van der Waals surface area contributed by atoms with Gasteiger partial charge in [-0.2, -0.15) is 0 Å². The lowest BCUT2D eigenvalue weighted by atomic mass is 9.90. The average Bonchev–Trinajstić information content (AvgIpc) is 3.23. The zero-order valence-corrected chi connectivity index (χ0v) is 17.9. The first kappa shape index (κ1) is 22.7. The van der Waals surface area contributed by atoms with E-state index in [9.17, 15) is 14.7 Å². The van der Waals surface area contributed by atoms with Crippen molar-refractivity contribution >= 4 is 34.9 Å². The number of hydrogen-bond donors (Lipinski definition) is 2. The molecule has 3 unspecified atom stereocenters. The number of carbonyl (C=O) groups excluding carboxylic acids is 1. The van der Waals surface area contributed by atoms with E-state index < -0.39 is 11.6 Å². The number of Topliss-reactive ketones (excluding diaryl/α,β-unsaturated/α-hetero) is 1. The second-order valence-electron chi connectivity index (χ2n) is 7.27. The monoisotopic (exact) mass is 421 g/mol. The molecule has 5 nitrogen and oxygen atoms in total. The smallest absolute Gasteiger partial charge is 0.355 e. The Bertz CT molecular complexity index is 773. The molecule has 1 fully saturated rings. The number of carboxylic acid groups (broad SMARTS) is 1. The van der Waals surface area contributed by atoms with Crippen LogP contribution in [0.15, 0.2) is 21.9 Å². The third-order valence-electron chi connectivity index (χ3n) is 4.92. The second kappa shape index (κ2) is 10.8. The first-order valence-electron chi connectivity index (χ1n) is 9.45. The maximum atomic E-state index is 12.3. The fourth-order valence-electron chi connectivity index (χ4n) is 3.29. The lowest BCUT2D eigenvalue weighted by molar-refractivity contribution is -0.121. The molecular weight excluding hydrogens is 394 g/mol. The van der Waals surface area contributed by atoms with Gasteiger partial charge in [0.1, 0.15) is 5.78 Å². The average molecular weight is 422 g/mol. The minimum atomic E-state index is -1.02. The van der Waals surface area contributed by atoms with Crippen molar-refractivity contribution in [3.8, 4) is 11.8 Å². The number of thioether (sulfide) groups is 1. The Hall–Kier alpha value is -1.62. The van der Waals surface area contributed by atoms with Crippen LogP contribution >= 0.6 is 23.1 Å². The summed E-state index contributed by atoms with van der Waals surface area (Å²) in [7, 11) is 0. The largest absolute Gasteiger partial charge is 0.476 e. The van der Waals surface area contributed by atoms with Gasteiger partial charge >= 0.3 is 5.97 Å². The van der Waals surface area contributed by atoms with E-state index in [1.165, 1.54) is 28.5 Å². The summed E-state index contributed by atoms with van der Waals surface area (Å²) < 4.78 is 0.723. The lowest BCUT2D eigenvalue weighted by Gasteiger charge is -2.21. The normalized spacial score (nSPS) is 21.5. The van der Waals surface area contributed by atoms with Crippen LogP contribution < -0.4 is 0 Å². The molecule has 1 aromatic rings. The van der Waals surface area contributed by atoms with Crippen LogP contribution in [0.2, 0.25) is 0 Å². The summed E-state index contributed by atoms with van der Waals surface area (Å²) in [4.78, 5) is 27.2. The third-order valence-corrected chi connectivity index (χ3v) is 6.97. The van der Waals surface area contributed by atoms with Gasteiger partial charge in [-0.15, -0.1) is 23.2 Å². The highest BCUT2D eigenvalue weighted by Gasteiger charge is 2.32. The van der Waals surface area contributed by atoms with Crippen LogP contribution in [0.25, 0.3) is 0 Å². The van der Waals surface area contributed by atoms with Crippen molar-refractivity contribution in [2.75, 3.05) is 5.75 Å². The number of nitrogens with zero attached hydrogens (tertiary/aromatic N) is 1. The summed E-state index contributed by atoms with van der Waals surface area (Å²) >= 11 is 2.83. The van der Waals surface area contributed by atoms with E-state index in [1.54, 1.807) is 6.92 Å². The van der Waals surface area contributed by atoms with E-state index in [0.29, 0.717) is 31.5 Å². The molecule has 1 heterocycles. The predicted molar refractivity (Wildman–Crippen MR) is 113 cm³/mol. The van der Waals surface area contributed by atoms with Crippen molar-refractivity contribution in [1.29, 1.82) is 0 Å². The molecule has 0 radical (unpaired) electrons. The second-order valence-corrected chi connectivity index (χ2v) is 9.47. The fraction of sp³-hybridized carbons (Fsp3) is 0.571. The summed E-state index contributed by atoms with van der Waals surface area (Å²) in [6, 6.07) is 0. The molecule has 7 heteroatoms. The van der Waals surface area contributed by atoms with Gasteiger partial charge in [-0.25, -0.2) is 9.78 Å². The molecule has 1 aromatic heterocycles. The van der Waals surface area contributed by atoms with Crippen LogP contribution in [0.3, 0.4) is 0 Å². The van der Waals surface area contributed by atoms with Gasteiger partial charge in [-0.05, 0) is 45.4 Å². The van der Waals surface area contributed by atoms with Gasteiger partial charge in [0.2, 0.25) is 0 Å². The SMILES string of the molecule is CC#CCCC(C)(O)CC=CC1CCC(=O)C1CCSc1nc(C(=O)O)cs1. The van der Waals surface area contributed by atoms with Crippen LogP contribution in [-0.4, -0.2) is 38.3 Å². The van der Waals surface area contributed by atoms with E-state index >= 15 is 0 Å². The highest BCUT2D eigenvalue weighted by molar-refractivity contribution is 8.01. The van der Waals surface area contributed by atoms with Gasteiger partial charge in [0.15, 0.2) is 10.0 Å². The zero-order chi connectivity index (χ0) is 20.6. The Morgan fingerprint density at radius 2 is 2.32 bits per heavy atom. The number of thiazole rings is 1.